The molecule has 2 aromatic heterocycles. The molecule has 2 aliphatic rings. The fourth-order valence-electron chi connectivity index (χ4n) is 3.58. The predicted octanol–water partition coefficient (Wildman–Crippen LogP) is 1.75. The topological polar surface area (TPSA) is 60.2 Å². The SMILES string of the molecule is Cc1nc(CN2CCCC2Cn2nc3c(cc2=O)COCC3)cs1. The molecule has 0 radical (unpaired) electrons. The van der Waals surface area contributed by atoms with E-state index < -0.39 is 0 Å². The third-order valence-corrected chi connectivity index (χ3v) is 5.64. The van der Waals surface area contributed by atoms with Crippen LogP contribution in [-0.4, -0.2) is 38.9 Å². The molecule has 4 heterocycles. The summed E-state index contributed by atoms with van der Waals surface area (Å²) < 4.78 is 7.06. The van der Waals surface area contributed by atoms with Crippen LogP contribution in [0.15, 0.2) is 16.2 Å². The molecule has 0 aromatic carbocycles. The van der Waals surface area contributed by atoms with Crippen molar-refractivity contribution in [3.63, 3.8) is 0 Å². The zero-order chi connectivity index (χ0) is 16.5. The highest BCUT2D eigenvalue weighted by Crippen LogP contribution is 2.22. The van der Waals surface area contributed by atoms with Crippen molar-refractivity contribution in [2.75, 3.05) is 13.2 Å². The molecule has 0 N–H and O–H groups in total. The van der Waals surface area contributed by atoms with Gasteiger partial charge in [-0.3, -0.25) is 9.69 Å². The van der Waals surface area contributed by atoms with Crippen molar-refractivity contribution in [2.24, 2.45) is 0 Å². The van der Waals surface area contributed by atoms with Crippen LogP contribution in [0.4, 0.5) is 0 Å². The largest absolute Gasteiger partial charge is 0.376 e. The monoisotopic (exact) mass is 346 g/mol. The quantitative estimate of drug-likeness (QED) is 0.844. The maximum absolute atomic E-state index is 12.4. The summed E-state index contributed by atoms with van der Waals surface area (Å²) in [6.45, 7) is 5.83. The van der Waals surface area contributed by atoms with Gasteiger partial charge in [0.15, 0.2) is 0 Å². The summed E-state index contributed by atoms with van der Waals surface area (Å²) in [6.07, 6.45) is 3.07. The average Bonchev–Trinajstić information content (AvgIpc) is 3.18. The molecule has 7 heteroatoms. The highest BCUT2D eigenvalue weighted by molar-refractivity contribution is 7.09. The Bertz CT molecular complexity index is 785. The number of rotatable bonds is 4. The standard InChI is InChI=1S/C17H22N4O2S/c1-12-18-14(11-24-12)8-20-5-2-3-15(20)9-21-17(22)7-13-10-23-6-4-16(13)19-21/h7,11,15H,2-6,8-10H2,1H3. The predicted molar refractivity (Wildman–Crippen MR) is 92.1 cm³/mol. The van der Waals surface area contributed by atoms with E-state index in [2.05, 4.69) is 20.4 Å². The zero-order valence-corrected chi connectivity index (χ0v) is 14.7. The van der Waals surface area contributed by atoms with Crippen molar-refractivity contribution >= 4 is 11.3 Å². The van der Waals surface area contributed by atoms with Gasteiger partial charge in [0.05, 0.1) is 36.2 Å². The van der Waals surface area contributed by atoms with Gasteiger partial charge < -0.3 is 4.74 Å². The smallest absolute Gasteiger partial charge is 0.267 e. The lowest BCUT2D eigenvalue weighted by atomic mass is 10.1. The molecular formula is C17H22N4O2S. The number of hydrogen-bond acceptors (Lipinski definition) is 6. The molecule has 4 rings (SSSR count). The summed E-state index contributed by atoms with van der Waals surface area (Å²) in [5.41, 5.74) is 3.08. The normalized spacial score (nSPS) is 21.1. The molecule has 2 aliphatic heterocycles. The van der Waals surface area contributed by atoms with Crippen LogP contribution in [0, 0.1) is 6.92 Å². The van der Waals surface area contributed by atoms with E-state index in [9.17, 15) is 4.79 Å². The first kappa shape index (κ1) is 15.9. The fourth-order valence-corrected chi connectivity index (χ4v) is 4.19. The van der Waals surface area contributed by atoms with Crippen LogP contribution in [0.25, 0.3) is 0 Å². The molecule has 6 nitrogen and oxygen atoms in total. The van der Waals surface area contributed by atoms with Crippen LogP contribution in [0.2, 0.25) is 0 Å². The van der Waals surface area contributed by atoms with E-state index in [0.717, 1.165) is 47.9 Å². The van der Waals surface area contributed by atoms with E-state index in [4.69, 9.17) is 4.74 Å². The first-order chi connectivity index (χ1) is 11.7. The second kappa shape index (κ2) is 6.74. The first-order valence-corrected chi connectivity index (χ1v) is 9.40. The highest BCUT2D eigenvalue weighted by atomic mass is 32.1. The van der Waals surface area contributed by atoms with Gasteiger partial charge in [-0.2, -0.15) is 5.10 Å². The molecule has 0 bridgehead atoms. The van der Waals surface area contributed by atoms with Gasteiger partial charge in [0.1, 0.15) is 0 Å². The van der Waals surface area contributed by atoms with E-state index in [-0.39, 0.29) is 5.56 Å². The summed E-state index contributed by atoms with van der Waals surface area (Å²) in [7, 11) is 0. The van der Waals surface area contributed by atoms with E-state index in [1.807, 2.05) is 6.92 Å². The van der Waals surface area contributed by atoms with E-state index in [0.29, 0.717) is 25.8 Å². The lowest BCUT2D eigenvalue weighted by Gasteiger charge is -2.24. The molecular weight excluding hydrogens is 324 g/mol. The summed E-state index contributed by atoms with van der Waals surface area (Å²) in [5, 5.41) is 7.85. The van der Waals surface area contributed by atoms with Crippen molar-refractivity contribution in [1.29, 1.82) is 0 Å². The summed E-state index contributed by atoms with van der Waals surface area (Å²) in [4.78, 5) is 19.4. The van der Waals surface area contributed by atoms with Gasteiger partial charge in [-0.25, -0.2) is 9.67 Å². The molecule has 2 aromatic rings. The molecule has 0 spiro atoms. The van der Waals surface area contributed by atoms with Crippen LogP contribution in [-0.2, 0) is 30.9 Å². The van der Waals surface area contributed by atoms with Crippen LogP contribution in [0.3, 0.4) is 0 Å². The van der Waals surface area contributed by atoms with E-state index >= 15 is 0 Å². The second-order valence-electron chi connectivity index (χ2n) is 6.56. The average molecular weight is 346 g/mol. The number of hydrogen-bond donors (Lipinski definition) is 0. The number of thiazole rings is 1. The molecule has 1 unspecified atom stereocenters. The third-order valence-electron chi connectivity index (χ3n) is 4.82. The molecule has 1 saturated heterocycles. The van der Waals surface area contributed by atoms with Crippen molar-refractivity contribution in [2.45, 2.75) is 51.9 Å². The maximum Gasteiger partial charge on any atom is 0.267 e. The van der Waals surface area contributed by atoms with Crippen molar-refractivity contribution in [1.82, 2.24) is 19.7 Å². The fraction of sp³-hybridized carbons (Fsp3) is 0.588. The molecule has 128 valence electrons. The second-order valence-corrected chi connectivity index (χ2v) is 7.63. The Morgan fingerprint density at radius 1 is 1.46 bits per heavy atom. The minimum Gasteiger partial charge on any atom is -0.376 e. The van der Waals surface area contributed by atoms with Gasteiger partial charge in [0, 0.05) is 36.0 Å². The molecule has 1 fully saturated rings. The summed E-state index contributed by atoms with van der Waals surface area (Å²) in [5.74, 6) is 0. The molecule has 1 atom stereocenters. The Morgan fingerprint density at radius 2 is 2.38 bits per heavy atom. The van der Waals surface area contributed by atoms with Gasteiger partial charge in [-0.1, -0.05) is 0 Å². The Balaban J connectivity index is 1.50. The van der Waals surface area contributed by atoms with Crippen LogP contribution < -0.4 is 5.56 Å². The van der Waals surface area contributed by atoms with Gasteiger partial charge >= 0.3 is 0 Å². The summed E-state index contributed by atoms with van der Waals surface area (Å²) in [6, 6.07) is 2.06. The number of aromatic nitrogens is 3. The Labute approximate surface area is 145 Å². The van der Waals surface area contributed by atoms with Crippen molar-refractivity contribution in [3.05, 3.63) is 43.8 Å². The first-order valence-electron chi connectivity index (χ1n) is 8.52. The number of fused-ring (bicyclic) bond motifs is 1. The van der Waals surface area contributed by atoms with Gasteiger partial charge in [-0.05, 0) is 26.3 Å². The number of likely N-dealkylation sites (tertiary alicyclic amines) is 1. The van der Waals surface area contributed by atoms with Crippen LogP contribution in [0.5, 0.6) is 0 Å². The number of aryl methyl sites for hydroxylation is 1. The van der Waals surface area contributed by atoms with Gasteiger partial charge in [-0.15, -0.1) is 11.3 Å². The number of ether oxygens (including phenoxy) is 1. The van der Waals surface area contributed by atoms with E-state index in [1.54, 1.807) is 22.1 Å². The highest BCUT2D eigenvalue weighted by Gasteiger charge is 2.26. The third kappa shape index (κ3) is 3.29. The minimum atomic E-state index is -0.0180. The Morgan fingerprint density at radius 3 is 3.21 bits per heavy atom. The lowest BCUT2D eigenvalue weighted by molar-refractivity contribution is 0.107. The van der Waals surface area contributed by atoms with Crippen molar-refractivity contribution in [3.8, 4) is 0 Å². The maximum atomic E-state index is 12.4. The number of nitrogens with zero attached hydrogens (tertiary/aromatic N) is 4. The van der Waals surface area contributed by atoms with Gasteiger partial charge in [0.25, 0.3) is 5.56 Å². The van der Waals surface area contributed by atoms with Crippen LogP contribution in [0.1, 0.15) is 34.8 Å². The minimum absolute atomic E-state index is 0.0180. The lowest BCUT2D eigenvalue weighted by Crippen LogP contribution is -2.37. The summed E-state index contributed by atoms with van der Waals surface area (Å²) >= 11 is 1.69. The van der Waals surface area contributed by atoms with Crippen molar-refractivity contribution < 1.29 is 4.74 Å². The van der Waals surface area contributed by atoms with E-state index in [1.165, 1.54) is 6.42 Å². The molecule has 0 amide bonds. The zero-order valence-electron chi connectivity index (χ0n) is 13.9. The Kier molecular flexibility index (Phi) is 4.47. The molecule has 0 saturated carbocycles. The van der Waals surface area contributed by atoms with Gasteiger partial charge in [0.2, 0.25) is 0 Å². The molecule has 24 heavy (non-hydrogen) atoms. The Hall–Kier alpha value is -1.57. The van der Waals surface area contributed by atoms with Crippen LogP contribution >= 0.6 is 11.3 Å². The molecule has 0 aliphatic carbocycles.